The first kappa shape index (κ1) is 13.7. The molecular weight excluding hydrogens is 240 g/mol. The fourth-order valence-corrected chi connectivity index (χ4v) is 2.35. The predicted octanol–water partition coefficient (Wildman–Crippen LogP) is 4.20. The molecule has 16 heavy (non-hydrogen) atoms. The van der Waals surface area contributed by atoms with Crippen molar-refractivity contribution in [3.63, 3.8) is 0 Å². The topological polar surface area (TPSA) is 24.9 Å². The Morgan fingerprint density at radius 3 is 2.81 bits per heavy atom. The van der Waals surface area contributed by atoms with Crippen molar-refractivity contribution >= 4 is 29.2 Å². The van der Waals surface area contributed by atoms with E-state index in [1.807, 2.05) is 23.9 Å². The summed E-state index contributed by atoms with van der Waals surface area (Å²) in [6.07, 6.45) is 2.29. The van der Waals surface area contributed by atoms with E-state index in [9.17, 15) is 0 Å². The minimum Gasteiger partial charge on any atom is -0.370 e. The average Bonchev–Trinajstić information content (AvgIpc) is 2.30. The van der Waals surface area contributed by atoms with Gasteiger partial charge in [-0.2, -0.15) is 11.8 Å². The number of hydrogen-bond acceptors (Lipinski definition) is 3. The van der Waals surface area contributed by atoms with Gasteiger partial charge in [-0.15, -0.1) is 0 Å². The minimum atomic E-state index is 0.769. The number of nitrogens with one attached hydrogen (secondary N) is 1. The molecule has 1 heterocycles. The Labute approximate surface area is 107 Å². The second-order valence-corrected chi connectivity index (χ2v) is 5.12. The fraction of sp³-hybridized carbons (Fsp3) is 0.583. The summed E-state index contributed by atoms with van der Waals surface area (Å²) >= 11 is 7.98. The molecule has 0 aliphatic heterocycles. The summed E-state index contributed by atoms with van der Waals surface area (Å²) in [4.78, 5) is 4.52. The second-order valence-electron chi connectivity index (χ2n) is 3.60. The van der Waals surface area contributed by atoms with Crippen LogP contribution in [0.3, 0.4) is 0 Å². The Hall–Kier alpha value is -0.410. The van der Waals surface area contributed by atoms with Crippen LogP contribution in [0.5, 0.6) is 0 Å². The van der Waals surface area contributed by atoms with Crippen molar-refractivity contribution in [1.82, 2.24) is 4.98 Å². The highest BCUT2D eigenvalue weighted by atomic mass is 35.5. The van der Waals surface area contributed by atoms with Gasteiger partial charge >= 0.3 is 0 Å². The number of aromatic nitrogens is 1. The van der Waals surface area contributed by atoms with Gasteiger partial charge in [0.05, 0.1) is 10.7 Å². The van der Waals surface area contributed by atoms with Gasteiger partial charge in [0.15, 0.2) is 0 Å². The summed E-state index contributed by atoms with van der Waals surface area (Å²) in [7, 11) is 0. The highest BCUT2D eigenvalue weighted by Crippen LogP contribution is 2.21. The van der Waals surface area contributed by atoms with Gasteiger partial charge in [-0.1, -0.05) is 25.4 Å². The third kappa shape index (κ3) is 4.62. The van der Waals surface area contributed by atoms with E-state index < -0.39 is 0 Å². The van der Waals surface area contributed by atoms with Crippen LogP contribution >= 0.6 is 23.4 Å². The number of rotatable bonds is 7. The van der Waals surface area contributed by atoms with E-state index in [0.717, 1.165) is 41.0 Å². The lowest BCUT2D eigenvalue weighted by molar-refractivity contribution is 0.965. The van der Waals surface area contributed by atoms with Crippen molar-refractivity contribution in [1.29, 1.82) is 0 Å². The van der Waals surface area contributed by atoms with E-state index >= 15 is 0 Å². The molecule has 0 saturated carbocycles. The number of nitrogens with zero attached hydrogens (tertiary/aromatic N) is 1. The number of thioether (sulfide) groups is 1. The molecule has 1 aromatic heterocycles. The molecule has 0 unspecified atom stereocenters. The molecule has 0 atom stereocenters. The fourth-order valence-electron chi connectivity index (χ4n) is 1.25. The molecule has 0 aromatic carbocycles. The molecule has 0 aliphatic carbocycles. The van der Waals surface area contributed by atoms with E-state index in [1.165, 1.54) is 6.42 Å². The third-order valence-electron chi connectivity index (χ3n) is 2.06. The smallest absolute Gasteiger partial charge is 0.126 e. The normalized spacial score (nSPS) is 10.4. The van der Waals surface area contributed by atoms with Gasteiger partial charge in [-0.05, 0) is 30.7 Å². The number of anilines is 1. The zero-order chi connectivity index (χ0) is 11.8. The highest BCUT2D eigenvalue weighted by molar-refractivity contribution is 7.98. The van der Waals surface area contributed by atoms with Crippen LogP contribution in [0.15, 0.2) is 12.1 Å². The average molecular weight is 259 g/mol. The molecule has 0 amide bonds. The lowest BCUT2D eigenvalue weighted by atomic mass is 10.3. The van der Waals surface area contributed by atoms with E-state index in [-0.39, 0.29) is 0 Å². The van der Waals surface area contributed by atoms with Gasteiger partial charge in [0.2, 0.25) is 0 Å². The number of hydrogen-bond donors (Lipinski definition) is 1. The van der Waals surface area contributed by atoms with E-state index in [1.54, 1.807) is 0 Å². The van der Waals surface area contributed by atoms with Crippen molar-refractivity contribution in [2.45, 2.75) is 32.4 Å². The number of halogens is 1. The van der Waals surface area contributed by atoms with Crippen LogP contribution in [0, 0.1) is 0 Å². The summed E-state index contributed by atoms with van der Waals surface area (Å²) in [5, 5.41) is 4.04. The summed E-state index contributed by atoms with van der Waals surface area (Å²) < 4.78 is 0. The molecule has 1 aromatic rings. The zero-order valence-electron chi connectivity index (χ0n) is 9.92. The molecule has 1 rings (SSSR count). The van der Waals surface area contributed by atoms with Gasteiger partial charge < -0.3 is 5.32 Å². The van der Waals surface area contributed by atoms with E-state index in [4.69, 9.17) is 11.6 Å². The molecule has 0 spiro atoms. The summed E-state index contributed by atoms with van der Waals surface area (Å²) in [5.74, 6) is 2.98. The second kappa shape index (κ2) is 7.80. The van der Waals surface area contributed by atoms with Crippen molar-refractivity contribution in [2.75, 3.05) is 17.6 Å². The lowest BCUT2D eigenvalue weighted by Crippen LogP contribution is -2.03. The standard InChI is InChI=1S/C12H19ClN2S/c1-3-7-14-12-6-5-10(13)11(15-12)9-16-8-4-2/h5-6H,3-4,7-9H2,1-2H3,(H,14,15). The summed E-state index contributed by atoms with van der Waals surface area (Å²) in [6, 6.07) is 3.86. The van der Waals surface area contributed by atoms with Gasteiger partial charge in [-0.3, -0.25) is 0 Å². The van der Waals surface area contributed by atoms with Crippen molar-refractivity contribution in [3.8, 4) is 0 Å². The maximum atomic E-state index is 6.11. The Balaban J connectivity index is 2.59. The zero-order valence-corrected chi connectivity index (χ0v) is 11.5. The van der Waals surface area contributed by atoms with Gasteiger partial charge in [-0.25, -0.2) is 4.98 Å². The molecule has 0 fully saturated rings. The minimum absolute atomic E-state index is 0.769. The Bertz CT molecular complexity index is 318. The first-order valence-corrected chi connectivity index (χ1v) is 7.28. The van der Waals surface area contributed by atoms with Gasteiger partial charge in [0, 0.05) is 12.3 Å². The van der Waals surface area contributed by atoms with Crippen LogP contribution in [0.1, 0.15) is 32.4 Å². The van der Waals surface area contributed by atoms with Crippen LogP contribution in [-0.4, -0.2) is 17.3 Å². The molecule has 0 radical (unpaired) electrons. The Morgan fingerprint density at radius 1 is 1.31 bits per heavy atom. The van der Waals surface area contributed by atoms with Crippen LogP contribution in [0.25, 0.3) is 0 Å². The maximum Gasteiger partial charge on any atom is 0.126 e. The Kier molecular flexibility index (Phi) is 6.65. The van der Waals surface area contributed by atoms with E-state index in [0.29, 0.717) is 0 Å². The summed E-state index contributed by atoms with van der Waals surface area (Å²) in [5.41, 5.74) is 0.987. The molecule has 0 bridgehead atoms. The van der Waals surface area contributed by atoms with Crippen molar-refractivity contribution in [2.24, 2.45) is 0 Å². The monoisotopic (exact) mass is 258 g/mol. The van der Waals surface area contributed by atoms with Crippen molar-refractivity contribution in [3.05, 3.63) is 22.8 Å². The molecule has 0 saturated heterocycles. The molecule has 4 heteroatoms. The SMILES string of the molecule is CCCNc1ccc(Cl)c(CSCCC)n1. The third-order valence-corrected chi connectivity index (χ3v) is 3.58. The van der Waals surface area contributed by atoms with Crippen LogP contribution in [0.4, 0.5) is 5.82 Å². The van der Waals surface area contributed by atoms with Crippen LogP contribution < -0.4 is 5.32 Å². The quantitative estimate of drug-likeness (QED) is 0.742. The number of pyridine rings is 1. The van der Waals surface area contributed by atoms with Crippen LogP contribution in [0.2, 0.25) is 5.02 Å². The predicted molar refractivity (Wildman–Crippen MR) is 74.5 cm³/mol. The summed E-state index contributed by atoms with van der Waals surface area (Å²) in [6.45, 7) is 5.28. The van der Waals surface area contributed by atoms with Crippen LogP contribution in [-0.2, 0) is 5.75 Å². The lowest BCUT2D eigenvalue weighted by Gasteiger charge is -2.07. The van der Waals surface area contributed by atoms with Gasteiger partial charge in [0.1, 0.15) is 5.82 Å². The van der Waals surface area contributed by atoms with Gasteiger partial charge in [0.25, 0.3) is 0 Å². The molecule has 1 N–H and O–H groups in total. The molecular formula is C12H19ClN2S. The molecule has 90 valence electrons. The first-order valence-electron chi connectivity index (χ1n) is 5.75. The first-order chi connectivity index (χ1) is 7.77. The Morgan fingerprint density at radius 2 is 2.12 bits per heavy atom. The highest BCUT2D eigenvalue weighted by Gasteiger charge is 2.03. The molecule has 2 nitrogen and oxygen atoms in total. The largest absolute Gasteiger partial charge is 0.370 e. The maximum absolute atomic E-state index is 6.11. The van der Waals surface area contributed by atoms with E-state index in [2.05, 4.69) is 24.1 Å². The van der Waals surface area contributed by atoms with Crippen molar-refractivity contribution < 1.29 is 0 Å². The molecule has 0 aliphatic rings.